The molecule has 0 aromatic heterocycles. The largest absolute Gasteiger partial charge is 0.368 e. The predicted molar refractivity (Wildman–Crippen MR) is 60.0 cm³/mol. The van der Waals surface area contributed by atoms with Gasteiger partial charge in [0.2, 0.25) is 0 Å². The van der Waals surface area contributed by atoms with Crippen LogP contribution in [0.1, 0.15) is 26.2 Å². The van der Waals surface area contributed by atoms with E-state index in [9.17, 15) is 4.79 Å². The van der Waals surface area contributed by atoms with E-state index in [-0.39, 0.29) is 12.0 Å². The van der Waals surface area contributed by atoms with Crippen molar-refractivity contribution in [1.29, 1.82) is 0 Å². The lowest BCUT2D eigenvalue weighted by Gasteiger charge is -2.29. The van der Waals surface area contributed by atoms with Crippen molar-refractivity contribution in [3.63, 3.8) is 0 Å². The maximum absolute atomic E-state index is 12.4. The average Bonchev–Trinajstić information content (AvgIpc) is 2.89. The number of nitrogens with one attached hydrogen (secondary N) is 1. The summed E-state index contributed by atoms with van der Waals surface area (Å²) in [6, 6.07) is 0.820. The van der Waals surface area contributed by atoms with Crippen LogP contribution < -0.4 is 5.32 Å². The number of ether oxygens (including phenoxy) is 1. The SMILES string of the molecule is CC1CC2CNCC2N1C(=O)[C@H]1CCCO1. The molecule has 0 radical (unpaired) electrons. The molecule has 1 amide bonds. The molecule has 0 saturated carbocycles. The van der Waals surface area contributed by atoms with Crippen LogP contribution in [-0.4, -0.2) is 48.7 Å². The summed E-state index contributed by atoms with van der Waals surface area (Å²) in [6.07, 6.45) is 2.94. The van der Waals surface area contributed by atoms with Crippen LogP contribution >= 0.6 is 0 Å². The number of likely N-dealkylation sites (tertiary alicyclic amines) is 1. The Bertz CT molecular complexity index is 289. The summed E-state index contributed by atoms with van der Waals surface area (Å²) in [7, 11) is 0. The number of hydrogen-bond donors (Lipinski definition) is 1. The smallest absolute Gasteiger partial charge is 0.252 e. The molecule has 0 aliphatic carbocycles. The van der Waals surface area contributed by atoms with E-state index < -0.39 is 0 Å². The highest BCUT2D eigenvalue weighted by atomic mass is 16.5. The number of rotatable bonds is 1. The van der Waals surface area contributed by atoms with Crippen molar-refractivity contribution in [2.24, 2.45) is 5.92 Å². The number of hydrogen-bond acceptors (Lipinski definition) is 3. The Kier molecular flexibility index (Phi) is 2.64. The Hall–Kier alpha value is -0.610. The molecule has 0 spiro atoms. The van der Waals surface area contributed by atoms with Crippen molar-refractivity contribution < 1.29 is 9.53 Å². The van der Waals surface area contributed by atoms with Crippen LogP contribution in [0.2, 0.25) is 0 Å². The van der Waals surface area contributed by atoms with Gasteiger partial charge in [-0.05, 0) is 32.1 Å². The standard InChI is InChI=1S/C12H20N2O2/c1-8-5-9-6-13-7-10(9)14(8)12(15)11-3-2-4-16-11/h8-11,13H,2-7H2,1H3/t8?,9?,10?,11-/m1/s1. The van der Waals surface area contributed by atoms with Gasteiger partial charge in [-0.2, -0.15) is 0 Å². The zero-order chi connectivity index (χ0) is 11.1. The number of carbonyl (C=O) groups is 1. The quantitative estimate of drug-likeness (QED) is 0.700. The third kappa shape index (κ3) is 1.55. The molecule has 4 heteroatoms. The van der Waals surface area contributed by atoms with E-state index in [4.69, 9.17) is 4.74 Å². The maximum Gasteiger partial charge on any atom is 0.252 e. The second kappa shape index (κ2) is 4.00. The van der Waals surface area contributed by atoms with E-state index >= 15 is 0 Å². The molecule has 0 bridgehead atoms. The summed E-state index contributed by atoms with van der Waals surface area (Å²) in [6.45, 7) is 4.97. The lowest BCUT2D eigenvalue weighted by atomic mass is 10.0. The Morgan fingerprint density at radius 3 is 3.06 bits per heavy atom. The molecule has 3 fully saturated rings. The van der Waals surface area contributed by atoms with E-state index in [2.05, 4.69) is 17.1 Å². The molecule has 3 aliphatic rings. The van der Waals surface area contributed by atoms with Gasteiger partial charge >= 0.3 is 0 Å². The molecule has 16 heavy (non-hydrogen) atoms. The highest BCUT2D eigenvalue weighted by molar-refractivity contribution is 5.82. The third-order valence-electron chi connectivity index (χ3n) is 4.24. The zero-order valence-electron chi connectivity index (χ0n) is 9.82. The van der Waals surface area contributed by atoms with Gasteiger partial charge in [0.15, 0.2) is 0 Å². The van der Waals surface area contributed by atoms with Gasteiger partial charge in [-0.15, -0.1) is 0 Å². The van der Waals surface area contributed by atoms with Crippen LogP contribution in [0.4, 0.5) is 0 Å². The van der Waals surface area contributed by atoms with Crippen molar-refractivity contribution in [2.45, 2.75) is 44.4 Å². The topological polar surface area (TPSA) is 41.6 Å². The Morgan fingerprint density at radius 2 is 2.31 bits per heavy atom. The molecule has 4 atom stereocenters. The van der Waals surface area contributed by atoms with Gasteiger partial charge in [-0.1, -0.05) is 0 Å². The second-order valence-electron chi connectivity index (χ2n) is 5.32. The fourth-order valence-electron chi connectivity index (χ4n) is 3.48. The number of amides is 1. The molecular formula is C12H20N2O2. The first-order chi connectivity index (χ1) is 7.77. The van der Waals surface area contributed by atoms with Crippen molar-refractivity contribution >= 4 is 5.91 Å². The van der Waals surface area contributed by atoms with Gasteiger partial charge in [-0.3, -0.25) is 4.79 Å². The number of nitrogens with zero attached hydrogens (tertiary/aromatic N) is 1. The van der Waals surface area contributed by atoms with E-state index in [0.29, 0.717) is 18.0 Å². The Balaban J connectivity index is 1.74. The van der Waals surface area contributed by atoms with Crippen LogP contribution in [-0.2, 0) is 9.53 Å². The van der Waals surface area contributed by atoms with Crippen LogP contribution in [0.25, 0.3) is 0 Å². The summed E-state index contributed by atoms with van der Waals surface area (Å²) in [5.74, 6) is 0.904. The first kappa shape index (κ1) is 10.5. The van der Waals surface area contributed by atoms with Gasteiger partial charge in [0.25, 0.3) is 5.91 Å². The lowest BCUT2D eigenvalue weighted by Crippen LogP contribution is -2.47. The zero-order valence-corrected chi connectivity index (χ0v) is 9.82. The summed E-state index contributed by atoms with van der Waals surface area (Å²) in [4.78, 5) is 14.5. The van der Waals surface area contributed by atoms with Crippen LogP contribution in [0.5, 0.6) is 0 Å². The van der Waals surface area contributed by atoms with Crippen LogP contribution in [0, 0.1) is 5.92 Å². The highest BCUT2D eigenvalue weighted by Gasteiger charge is 2.46. The monoisotopic (exact) mass is 224 g/mol. The van der Waals surface area contributed by atoms with Gasteiger partial charge in [0.1, 0.15) is 6.10 Å². The van der Waals surface area contributed by atoms with Crippen molar-refractivity contribution in [3.8, 4) is 0 Å². The van der Waals surface area contributed by atoms with Gasteiger partial charge < -0.3 is 15.0 Å². The summed E-state index contributed by atoms with van der Waals surface area (Å²) in [5, 5.41) is 3.39. The van der Waals surface area contributed by atoms with Crippen LogP contribution in [0.15, 0.2) is 0 Å². The van der Waals surface area contributed by atoms with E-state index in [1.807, 2.05) is 0 Å². The number of carbonyl (C=O) groups excluding carboxylic acids is 1. The molecule has 3 unspecified atom stereocenters. The molecule has 3 heterocycles. The minimum absolute atomic E-state index is 0.151. The molecule has 4 nitrogen and oxygen atoms in total. The minimum atomic E-state index is -0.151. The minimum Gasteiger partial charge on any atom is -0.368 e. The Morgan fingerprint density at radius 1 is 1.44 bits per heavy atom. The molecule has 3 aliphatic heterocycles. The van der Waals surface area contributed by atoms with Crippen LogP contribution in [0.3, 0.4) is 0 Å². The van der Waals surface area contributed by atoms with E-state index in [0.717, 1.165) is 39.0 Å². The van der Waals surface area contributed by atoms with Gasteiger partial charge in [-0.25, -0.2) is 0 Å². The first-order valence-corrected chi connectivity index (χ1v) is 6.42. The third-order valence-corrected chi connectivity index (χ3v) is 4.24. The molecule has 0 aromatic rings. The first-order valence-electron chi connectivity index (χ1n) is 6.42. The van der Waals surface area contributed by atoms with Crippen molar-refractivity contribution in [2.75, 3.05) is 19.7 Å². The van der Waals surface area contributed by atoms with E-state index in [1.54, 1.807) is 0 Å². The summed E-state index contributed by atoms with van der Waals surface area (Å²) >= 11 is 0. The predicted octanol–water partition coefficient (Wildman–Crippen LogP) is 0.374. The van der Waals surface area contributed by atoms with E-state index in [1.165, 1.54) is 0 Å². The molecule has 3 saturated heterocycles. The summed E-state index contributed by atoms with van der Waals surface area (Å²) in [5.41, 5.74) is 0. The second-order valence-corrected chi connectivity index (χ2v) is 5.32. The lowest BCUT2D eigenvalue weighted by molar-refractivity contribution is -0.143. The Labute approximate surface area is 96.3 Å². The number of fused-ring (bicyclic) bond motifs is 1. The molecule has 90 valence electrons. The molecule has 1 N–H and O–H groups in total. The van der Waals surface area contributed by atoms with Gasteiger partial charge in [0.05, 0.1) is 0 Å². The van der Waals surface area contributed by atoms with Crippen molar-refractivity contribution in [3.05, 3.63) is 0 Å². The fourth-order valence-corrected chi connectivity index (χ4v) is 3.48. The fraction of sp³-hybridized carbons (Fsp3) is 0.917. The average molecular weight is 224 g/mol. The van der Waals surface area contributed by atoms with Gasteiger partial charge in [0, 0.05) is 31.8 Å². The highest BCUT2D eigenvalue weighted by Crippen LogP contribution is 2.33. The maximum atomic E-state index is 12.4. The molecule has 3 rings (SSSR count). The molecular weight excluding hydrogens is 204 g/mol. The van der Waals surface area contributed by atoms with Crippen molar-refractivity contribution in [1.82, 2.24) is 10.2 Å². The molecule has 0 aromatic carbocycles. The normalized spacial score (nSPS) is 42.7. The summed E-state index contributed by atoms with van der Waals surface area (Å²) < 4.78 is 5.51.